The number of rotatable bonds is 5. The molecule has 1 aliphatic rings. The van der Waals surface area contributed by atoms with Crippen molar-refractivity contribution in [2.24, 2.45) is 5.73 Å². The molecule has 0 aromatic heterocycles. The van der Waals surface area contributed by atoms with Crippen LogP contribution in [-0.2, 0) is 4.79 Å². The van der Waals surface area contributed by atoms with Crippen LogP contribution in [0.4, 0.5) is 0 Å². The van der Waals surface area contributed by atoms with Crippen LogP contribution >= 0.6 is 0 Å². The van der Waals surface area contributed by atoms with Gasteiger partial charge >= 0.3 is 0 Å². The molecule has 16 heavy (non-hydrogen) atoms. The zero-order valence-electron chi connectivity index (χ0n) is 9.96. The second-order valence-corrected chi connectivity index (χ2v) is 4.09. The molecule has 0 unspecified atom stereocenters. The van der Waals surface area contributed by atoms with Gasteiger partial charge in [-0.3, -0.25) is 9.69 Å². The smallest absolute Gasteiger partial charge is 0.231 e. The molecule has 0 atom stereocenters. The van der Waals surface area contributed by atoms with E-state index in [-0.39, 0.29) is 5.91 Å². The van der Waals surface area contributed by atoms with E-state index in [4.69, 9.17) is 5.73 Å². The minimum atomic E-state index is -0.247. The first kappa shape index (κ1) is 13.0. The van der Waals surface area contributed by atoms with Gasteiger partial charge in [0.05, 0.1) is 6.54 Å². The second-order valence-electron chi connectivity index (χ2n) is 4.09. The van der Waals surface area contributed by atoms with Crippen molar-refractivity contribution in [3.63, 3.8) is 0 Å². The molecule has 0 bridgehead atoms. The summed E-state index contributed by atoms with van der Waals surface area (Å²) in [5, 5.41) is 3.32. The molecule has 1 fully saturated rings. The van der Waals surface area contributed by atoms with Crippen molar-refractivity contribution < 1.29 is 4.79 Å². The third-order valence-electron chi connectivity index (χ3n) is 2.88. The van der Waals surface area contributed by atoms with E-state index in [9.17, 15) is 4.79 Å². The number of nitrogens with two attached hydrogens (primary N) is 1. The van der Waals surface area contributed by atoms with Gasteiger partial charge in [0.15, 0.2) is 0 Å². The number of hydrogen-bond acceptors (Lipinski definition) is 3. The van der Waals surface area contributed by atoms with Crippen molar-refractivity contribution >= 4 is 5.91 Å². The van der Waals surface area contributed by atoms with Gasteiger partial charge in [-0.25, -0.2) is 0 Å². The van der Waals surface area contributed by atoms with Gasteiger partial charge in [-0.1, -0.05) is 0 Å². The summed E-state index contributed by atoms with van der Waals surface area (Å²) in [6.07, 6.45) is 2.99. The average Bonchev–Trinajstić information content (AvgIpc) is 2.29. The minimum absolute atomic E-state index is 0.247. The molecule has 90 valence electrons. The van der Waals surface area contributed by atoms with E-state index in [1.165, 1.54) is 0 Å². The van der Waals surface area contributed by atoms with Crippen molar-refractivity contribution in [3.05, 3.63) is 0 Å². The largest absolute Gasteiger partial charge is 0.369 e. The Labute approximate surface area is 97.6 Å². The molecule has 0 radical (unpaired) electrons. The molecule has 3 N–H and O–H groups in total. The topological polar surface area (TPSA) is 58.4 Å². The van der Waals surface area contributed by atoms with Crippen molar-refractivity contribution in [2.45, 2.75) is 32.2 Å². The lowest BCUT2D eigenvalue weighted by molar-refractivity contribution is -0.119. The molecule has 0 spiro atoms. The fourth-order valence-corrected chi connectivity index (χ4v) is 2.09. The summed E-state index contributed by atoms with van der Waals surface area (Å²) in [7, 11) is 0. The Hall–Kier alpha value is -1.05. The average molecular weight is 223 g/mol. The summed E-state index contributed by atoms with van der Waals surface area (Å²) >= 11 is 0. The molecule has 1 rings (SSSR count). The van der Waals surface area contributed by atoms with Crippen molar-refractivity contribution in [2.75, 3.05) is 26.2 Å². The van der Waals surface area contributed by atoms with Gasteiger partial charge in [0.2, 0.25) is 5.91 Å². The summed E-state index contributed by atoms with van der Waals surface area (Å²) in [6, 6.07) is 0.479. The van der Waals surface area contributed by atoms with E-state index in [0.717, 1.165) is 38.9 Å². The summed E-state index contributed by atoms with van der Waals surface area (Å²) in [4.78, 5) is 13.2. The standard InChI is InChI=1S/C12H21N3O/c1-2-3-4-9-15(10-12(13)16)11-5-7-14-8-6-11/h11,14H,4-10H2,1H3,(H2,13,16). The third-order valence-corrected chi connectivity index (χ3v) is 2.88. The van der Waals surface area contributed by atoms with Crippen molar-refractivity contribution in [1.82, 2.24) is 10.2 Å². The van der Waals surface area contributed by atoms with Gasteiger partial charge < -0.3 is 11.1 Å². The Morgan fingerprint density at radius 3 is 2.75 bits per heavy atom. The lowest BCUT2D eigenvalue weighted by atomic mass is 10.0. The van der Waals surface area contributed by atoms with E-state index >= 15 is 0 Å². The maximum absolute atomic E-state index is 11.0. The summed E-state index contributed by atoms with van der Waals surface area (Å²) in [6.45, 7) is 5.09. The highest BCUT2D eigenvalue weighted by molar-refractivity contribution is 5.75. The predicted octanol–water partition coefficient (Wildman–Crippen LogP) is -0.0609. The number of primary amides is 1. The van der Waals surface area contributed by atoms with Crippen molar-refractivity contribution in [3.8, 4) is 11.8 Å². The Morgan fingerprint density at radius 1 is 1.50 bits per heavy atom. The molecule has 1 aliphatic heterocycles. The molecule has 1 amide bonds. The maximum Gasteiger partial charge on any atom is 0.231 e. The fraction of sp³-hybridized carbons (Fsp3) is 0.750. The molecule has 1 heterocycles. The Morgan fingerprint density at radius 2 is 2.19 bits per heavy atom. The highest BCUT2D eigenvalue weighted by Gasteiger charge is 2.21. The van der Waals surface area contributed by atoms with Gasteiger partial charge in [-0.05, 0) is 32.9 Å². The molecule has 0 aromatic rings. The lowest BCUT2D eigenvalue weighted by Gasteiger charge is -2.33. The quantitative estimate of drug-likeness (QED) is 0.642. The monoisotopic (exact) mass is 223 g/mol. The van der Waals surface area contributed by atoms with Crippen LogP contribution in [0, 0.1) is 11.8 Å². The van der Waals surface area contributed by atoms with Gasteiger partial charge in [0, 0.05) is 19.0 Å². The molecular formula is C12H21N3O. The van der Waals surface area contributed by atoms with Crippen LogP contribution in [0.1, 0.15) is 26.2 Å². The summed E-state index contributed by atoms with van der Waals surface area (Å²) < 4.78 is 0. The van der Waals surface area contributed by atoms with Gasteiger partial charge in [-0.2, -0.15) is 0 Å². The van der Waals surface area contributed by atoms with Gasteiger partial charge in [0.1, 0.15) is 0 Å². The van der Waals surface area contributed by atoms with E-state index in [2.05, 4.69) is 22.1 Å². The first-order valence-corrected chi connectivity index (χ1v) is 5.86. The molecule has 1 saturated heterocycles. The predicted molar refractivity (Wildman–Crippen MR) is 64.7 cm³/mol. The lowest BCUT2D eigenvalue weighted by Crippen LogP contribution is -2.46. The SMILES string of the molecule is CC#CCCN(CC(N)=O)C1CCNCC1. The molecule has 0 saturated carbocycles. The number of carbonyl (C=O) groups excluding carboxylic acids is 1. The highest BCUT2D eigenvalue weighted by atomic mass is 16.1. The zero-order valence-corrected chi connectivity index (χ0v) is 9.96. The number of piperidine rings is 1. The van der Waals surface area contributed by atoms with Crippen LogP contribution in [0.2, 0.25) is 0 Å². The van der Waals surface area contributed by atoms with Gasteiger partial charge in [-0.15, -0.1) is 11.8 Å². The van der Waals surface area contributed by atoms with E-state index in [1.54, 1.807) is 0 Å². The first-order chi connectivity index (χ1) is 7.74. The number of amides is 1. The number of nitrogens with one attached hydrogen (secondary N) is 1. The number of hydrogen-bond donors (Lipinski definition) is 2. The van der Waals surface area contributed by atoms with Crippen LogP contribution in [0.5, 0.6) is 0 Å². The van der Waals surface area contributed by atoms with Crippen LogP contribution in [0.15, 0.2) is 0 Å². The van der Waals surface area contributed by atoms with Crippen LogP contribution < -0.4 is 11.1 Å². The highest BCUT2D eigenvalue weighted by Crippen LogP contribution is 2.11. The minimum Gasteiger partial charge on any atom is -0.369 e. The van der Waals surface area contributed by atoms with E-state index < -0.39 is 0 Å². The van der Waals surface area contributed by atoms with Crippen LogP contribution in [-0.4, -0.2) is 43.0 Å². The normalized spacial score (nSPS) is 16.9. The molecule has 0 aromatic carbocycles. The zero-order chi connectivity index (χ0) is 11.8. The van der Waals surface area contributed by atoms with E-state index in [1.807, 2.05) is 6.92 Å². The molecule has 4 nitrogen and oxygen atoms in total. The molecule has 4 heteroatoms. The number of nitrogens with zero attached hydrogens (tertiary/aromatic N) is 1. The Balaban J connectivity index is 2.45. The van der Waals surface area contributed by atoms with Crippen molar-refractivity contribution in [1.29, 1.82) is 0 Å². The van der Waals surface area contributed by atoms with E-state index in [0.29, 0.717) is 12.6 Å². The van der Waals surface area contributed by atoms with Crippen LogP contribution in [0.3, 0.4) is 0 Å². The summed E-state index contributed by atoms with van der Waals surface area (Å²) in [5.41, 5.74) is 5.27. The summed E-state index contributed by atoms with van der Waals surface area (Å²) in [5.74, 6) is 5.66. The molecular weight excluding hydrogens is 202 g/mol. The Bertz CT molecular complexity index is 274. The van der Waals surface area contributed by atoms with Gasteiger partial charge in [0.25, 0.3) is 0 Å². The second kappa shape index (κ2) is 7.26. The van der Waals surface area contributed by atoms with Crippen LogP contribution in [0.25, 0.3) is 0 Å². The third kappa shape index (κ3) is 4.65. The maximum atomic E-state index is 11.0. The fourth-order valence-electron chi connectivity index (χ4n) is 2.09. The first-order valence-electron chi connectivity index (χ1n) is 5.86. The molecule has 0 aliphatic carbocycles. The Kier molecular flexibility index (Phi) is 5.91. The number of carbonyl (C=O) groups is 1.